The number of halogens is 1. The molecule has 1 fully saturated rings. The molecule has 0 bridgehead atoms. The SMILES string of the molecule is N#Cc1ccc(N2CCCC2)cc1Cl.OCc1ccccn1. The number of rotatable bonds is 2. The first-order valence-electron chi connectivity index (χ1n) is 7.20. The van der Waals surface area contributed by atoms with Gasteiger partial charge in [0.2, 0.25) is 0 Å². The van der Waals surface area contributed by atoms with Gasteiger partial charge >= 0.3 is 0 Å². The molecule has 4 nitrogen and oxygen atoms in total. The lowest BCUT2D eigenvalue weighted by Gasteiger charge is -2.17. The Morgan fingerprint density at radius 2 is 2.00 bits per heavy atom. The van der Waals surface area contributed by atoms with Gasteiger partial charge in [0.25, 0.3) is 0 Å². The number of aromatic nitrogens is 1. The fraction of sp³-hybridized carbons (Fsp3) is 0.294. The highest BCUT2D eigenvalue weighted by Crippen LogP contribution is 2.25. The second-order valence-corrected chi connectivity index (χ2v) is 5.36. The van der Waals surface area contributed by atoms with Crippen LogP contribution in [0, 0.1) is 11.3 Å². The molecule has 1 aliphatic rings. The third-order valence-electron chi connectivity index (χ3n) is 3.43. The van der Waals surface area contributed by atoms with E-state index >= 15 is 0 Å². The zero-order valence-corrected chi connectivity index (χ0v) is 13.0. The molecule has 3 rings (SSSR count). The minimum absolute atomic E-state index is 0.0286. The first-order valence-corrected chi connectivity index (χ1v) is 7.57. The van der Waals surface area contributed by atoms with Crippen LogP contribution in [0.25, 0.3) is 0 Å². The Kier molecular flexibility index (Phi) is 6.20. The molecular weight excluding hydrogens is 298 g/mol. The van der Waals surface area contributed by atoms with Gasteiger partial charge in [-0.3, -0.25) is 4.98 Å². The second-order valence-electron chi connectivity index (χ2n) is 4.95. The monoisotopic (exact) mass is 315 g/mol. The van der Waals surface area contributed by atoms with Crippen molar-refractivity contribution in [3.05, 3.63) is 58.9 Å². The van der Waals surface area contributed by atoms with Gasteiger partial charge in [0.1, 0.15) is 6.07 Å². The molecule has 0 spiro atoms. The lowest BCUT2D eigenvalue weighted by molar-refractivity contribution is 0.277. The first-order chi connectivity index (χ1) is 10.7. The van der Waals surface area contributed by atoms with Gasteiger partial charge in [0, 0.05) is 25.0 Å². The zero-order valence-electron chi connectivity index (χ0n) is 12.2. The number of aliphatic hydroxyl groups excluding tert-OH is 1. The fourth-order valence-corrected chi connectivity index (χ4v) is 2.48. The Hall–Kier alpha value is -2.09. The van der Waals surface area contributed by atoms with E-state index in [9.17, 15) is 0 Å². The summed E-state index contributed by atoms with van der Waals surface area (Å²) in [6.07, 6.45) is 4.15. The Bertz CT molecular complexity index is 634. The Balaban J connectivity index is 0.000000188. The smallest absolute Gasteiger partial charge is 0.101 e. The maximum Gasteiger partial charge on any atom is 0.101 e. The van der Waals surface area contributed by atoms with Crippen molar-refractivity contribution in [2.24, 2.45) is 0 Å². The Morgan fingerprint density at radius 3 is 2.50 bits per heavy atom. The fourth-order valence-electron chi connectivity index (χ4n) is 2.26. The topological polar surface area (TPSA) is 60.2 Å². The highest BCUT2D eigenvalue weighted by molar-refractivity contribution is 6.32. The lowest BCUT2D eigenvalue weighted by atomic mass is 10.2. The van der Waals surface area contributed by atoms with Crippen molar-refractivity contribution in [3.63, 3.8) is 0 Å². The predicted octanol–water partition coefficient (Wildman–Crippen LogP) is 3.39. The van der Waals surface area contributed by atoms with Crippen LogP contribution in [0.3, 0.4) is 0 Å². The quantitative estimate of drug-likeness (QED) is 0.923. The number of pyridine rings is 1. The number of hydrogen-bond acceptors (Lipinski definition) is 4. The van der Waals surface area contributed by atoms with Crippen molar-refractivity contribution >= 4 is 17.3 Å². The molecule has 2 heterocycles. The zero-order chi connectivity index (χ0) is 15.8. The molecule has 114 valence electrons. The molecule has 1 N–H and O–H groups in total. The average Bonchev–Trinajstić information content (AvgIpc) is 3.10. The number of benzene rings is 1. The molecule has 0 unspecified atom stereocenters. The first kappa shape index (κ1) is 16.3. The molecule has 5 heteroatoms. The van der Waals surface area contributed by atoms with Crippen molar-refractivity contribution in [1.29, 1.82) is 5.26 Å². The van der Waals surface area contributed by atoms with E-state index in [0.29, 0.717) is 16.3 Å². The van der Waals surface area contributed by atoms with E-state index in [2.05, 4.69) is 16.0 Å². The van der Waals surface area contributed by atoms with Crippen LogP contribution < -0.4 is 4.90 Å². The van der Waals surface area contributed by atoms with Gasteiger partial charge in [0.15, 0.2) is 0 Å². The summed E-state index contributed by atoms with van der Waals surface area (Å²) in [5.41, 5.74) is 2.40. The maximum atomic E-state index is 8.73. The summed E-state index contributed by atoms with van der Waals surface area (Å²) in [6.45, 7) is 2.23. The molecule has 22 heavy (non-hydrogen) atoms. The van der Waals surface area contributed by atoms with E-state index in [1.807, 2.05) is 24.3 Å². The van der Waals surface area contributed by atoms with E-state index in [4.69, 9.17) is 22.0 Å². The van der Waals surface area contributed by atoms with Crippen LogP contribution in [0.5, 0.6) is 0 Å². The van der Waals surface area contributed by atoms with Crippen LogP contribution in [0.15, 0.2) is 42.6 Å². The molecule has 1 aromatic heterocycles. The molecule has 0 atom stereocenters. The Labute approximate surface area is 135 Å². The van der Waals surface area contributed by atoms with Gasteiger partial charge in [-0.05, 0) is 43.2 Å². The largest absolute Gasteiger partial charge is 0.390 e. The molecule has 0 radical (unpaired) electrons. The summed E-state index contributed by atoms with van der Waals surface area (Å²) in [7, 11) is 0. The van der Waals surface area contributed by atoms with E-state index < -0.39 is 0 Å². The number of hydrogen-bond donors (Lipinski definition) is 1. The standard InChI is InChI=1S/C11H11ClN2.C6H7NO/c12-11-7-10(4-3-9(11)8-13)14-5-1-2-6-14;8-5-6-3-1-2-4-7-6/h3-4,7H,1-2,5-6H2;1-4,8H,5H2. The molecular formula is C17H18ClN3O. The van der Waals surface area contributed by atoms with E-state index in [-0.39, 0.29) is 6.61 Å². The predicted molar refractivity (Wildman–Crippen MR) is 87.8 cm³/mol. The van der Waals surface area contributed by atoms with E-state index in [0.717, 1.165) is 18.8 Å². The summed E-state index contributed by atoms with van der Waals surface area (Å²) in [5, 5.41) is 17.8. The van der Waals surface area contributed by atoms with Crippen molar-refractivity contribution in [2.75, 3.05) is 18.0 Å². The third-order valence-corrected chi connectivity index (χ3v) is 3.75. The van der Waals surface area contributed by atoms with E-state index in [1.165, 1.54) is 12.8 Å². The van der Waals surface area contributed by atoms with Crippen LogP contribution in [0.2, 0.25) is 5.02 Å². The van der Waals surface area contributed by atoms with Gasteiger partial charge in [-0.1, -0.05) is 17.7 Å². The van der Waals surface area contributed by atoms with Crippen molar-refractivity contribution < 1.29 is 5.11 Å². The van der Waals surface area contributed by atoms with Gasteiger partial charge in [-0.2, -0.15) is 5.26 Å². The second kappa shape index (κ2) is 8.38. The molecule has 0 saturated carbocycles. The average molecular weight is 316 g/mol. The van der Waals surface area contributed by atoms with Gasteiger partial charge in [-0.15, -0.1) is 0 Å². The number of nitrogens with zero attached hydrogens (tertiary/aromatic N) is 3. The van der Waals surface area contributed by atoms with E-state index in [1.54, 1.807) is 18.3 Å². The summed E-state index contributed by atoms with van der Waals surface area (Å²) in [4.78, 5) is 6.15. The number of anilines is 1. The summed E-state index contributed by atoms with van der Waals surface area (Å²) < 4.78 is 0. The van der Waals surface area contributed by atoms with Crippen LogP contribution in [-0.4, -0.2) is 23.2 Å². The van der Waals surface area contributed by atoms with Crippen LogP contribution in [-0.2, 0) is 6.61 Å². The number of aliphatic hydroxyl groups is 1. The summed E-state index contributed by atoms with van der Waals surface area (Å²) in [5.74, 6) is 0. The highest BCUT2D eigenvalue weighted by atomic mass is 35.5. The third kappa shape index (κ3) is 4.45. The molecule has 1 aliphatic heterocycles. The van der Waals surface area contributed by atoms with Crippen LogP contribution in [0.4, 0.5) is 5.69 Å². The van der Waals surface area contributed by atoms with Crippen LogP contribution in [0.1, 0.15) is 24.1 Å². The van der Waals surface area contributed by atoms with Gasteiger partial charge < -0.3 is 10.0 Å². The molecule has 0 amide bonds. The minimum Gasteiger partial charge on any atom is -0.390 e. The molecule has 0 aliphatic carbocycles. The van der Waals surface area contributed by atoms with Gasteiger partial charge in [-0.25, -0.2) is 0 Å². The van der Waals surface area contributed by atoms with Gasteiger partial charge in [0.05, 0.1) is 22.9 Å². The van der Waals surface area contributed by atoms with Crippen molar-refractivity contribution in [2.45, 2.75) is 19.4 Å². The normalized spacial score (nSPS) is 13.2. The van der Waals surface area contributed by atoms with Crippen molar-refractivity contribution in [3.8, 4) is 6.07 Å². The highest BCUT2D eigenvalue weighted by Gasteiger charge is 2.13. The summed E-state index contributed by atoms with van der Waals surface area (Å²) in [6, 6.07) is 13.1. The van der Waals surface area contributed by atoms with Crippen LogP contribution >= 0.6 is 11.6 Å². The molecule has 2 aromatic rings. The Morgan fingerprint density at radius 1 is 1.23 bits per heavy atom. The van der Waals surface area contributed by atoms with Crippen molar-refractivity contribution in [1.82, 2.24) is 4.98 Å². The maximum absolute atomic E-state index is 8.73. The number of nitriles is 1. The molecule has 1 aromatic carbocycles. The molecule has 1 saturated heterocycles. The minimum atomic E-state index is 0.0286. The lowest BCUT2D eigenvalue weighted by Crippen LogP contribution is -2.17. The summed E-state index contributed by atoms with van der Waals surface area (Å²) >= 11 is 5.96.